The predicted molar refractivity (Wildman–Crippen MR) is 135 cm³/mol. The van der Waals surface area contributed by atoms with E-state index < -0.39 is 35.9 Å². The van der Waals surface area contributed by atoms with Crippen molar-refractivity contribution in [2.45, 2.75) is 109 Å². The summed E-state index contributed by atoms with van der Waals surface area (Å²) in [6.07, 6.45) is 6.34. The molecule has 1 rings (SSSR count). The van der Waals surface area contributed by atoms with Crippen LogP contribution in [0.4, 0.5) is 0 Å². The average Bonchev–Trinajstić information content (AvgIpc) is 3.32. The van der Waals surface area contributed by atoms with Gasteiger partial charge in [-0.3, -0.25) is 24.6 Å². The number of rotatable bonds is 18. The maximum atomic E-state index is 13.4. The second-order valence-corrected chi connectivity index (χ2v) is 9.48. The normalized spacial score (nSPS) is 16.9. The topological polar surface area (TPSA) is 183 Å². The van der Waals surface area contributed by atoms with Crippen LogP contribution in [0.1, 0.15) is 90.9 Å². The number of amidine groups is 1. The fourth-order valence-corrected chi connectivity index (χ4v) is 4.55. The number of nitrogens with one attached hydrogen (secondary N) is 3. The lowest BCUT2D eigenvalue weighted by Gasteiger charge is -2.30. The van der Waals surface area contributed by atoms with Gasteiger partial charge in [-0.05, 0) is 44.9 Å². The first-order chi connectivity index (χ1) is 17.1. The van der Waals surface area contributed by atoms with E-state index in [4.69, 9.17) is 16.2 Å². The number of likely N-dealkylation sites (tertiary alicyclic amines) is 1. The summed E-state index contributed by atoms with van der Waals surface area (Å²) in [5.74, 6) is -2.44. The molecule has 1 aliphatic heterocycles. The van der Waals surface area contributed by atoms with Crippen LogP contribution in [0, 0.1) is 11.3 Å². The molecule has 1 unspecified atom stereocenters. The maximum absolute atomic E-state index is 13.4. The highest BCUT2D eigenvalue weighted by atomic mass is 16.4. The third kappa shape index (κ3) is 10.7. The highest BCUT2D eigenvalue weighted by Crippen LogP contribution is 2.21. The largest absolute Gasteiger partial charge is 0.481 e. The first-order valence-electron chi connectivity index (χ1n) is 13.1. The number of carbonyl (C=O) groups excluding carboxylic acids is 4. The quantitative estimate of drug-likeness (QED) is 0.0806. The van der Waals surface area contributed by atoms with Crippen LogP contribution in [0.3, 0.4) is 0 Å². The van der Waals surface area contributed by atoms with Gasteiger partial charge in [-0.1, -0.05) is 33.1 Å². The number of unbranched alkanes of at least 4 members (excludes halogenated alkanes) is 1. The molecule has 1 aliphatic rings. The molecule has 3 atom stereocenters. The molecule has 0 saturated carbocycles. The van der Waals surface area contributed by atoms with Crippen LogP contribution >= 0.6 is 0 Å². The third-order valence-electron chi connectivity index (χ3n) is 6.45. The van der Waals surface area contributed by atoms with Crippen LogP contribution in [-0.2, 0) is 24.0 Å². The molecule has 0 radical (unpaired) electrons. The van der Waals surface area contributed by atoms with Gasteiger partial charge in [0.2, 0.25) is 17.7 Å². The number of carboxylic acid groups (broad SMARTS) is 1. The van der Waals surface area contributed by atoms with E-state index in [9.17, 15) is 24.0 Å². The Morgan fingerprint density at radius 2 is 1.72 bits per heavy atom. The summed E-state index contributed by atoms with van der Waals surface area (Å²) in [7, 11) is 0. The highest BCUT2D eigenvalue weighted by Gasteiger charge is 2.38. The smallest absolute Gasteiger partial charge is 0.303 e. The molecule has 1 saturated heterocycles. The van der Waals surface area contributed by atoms with Crippen molar-refractivity contribution in [3.63, 3.8) is 0 Å². The zero-order valence-corrected chi connectivity index (χ0v) is 21.6. The Morgan fingerprint density at radius 1 is 1.06 bits per heavy atom. The molecular weight excluding hydrogens is 466 g/mol. The van der Waals surface area contributed by atoms with Crippen LogP contribution in [0.2, 0.25) is 0 Å². The van der Waals surface area contributed by atoms with Crippen molar-refractivity contribution in [2.75, 3.05) is 6.54 Å². The van der Waals surface area contributed by atoms with Crippen LogP contribution in [0.15, 0.2) is 0 Å². The Balaban J connectivity index is 2.89. The molecule has 1 heterocycles. The predicted octanol–water partition coefficient (Wildman–Crippen LogP) is 1.72. The Hall–Kier alpha value is -2.98. The fourth-order valence-electron chi connectivity index (χ4n) is 4.55. The summed E-state index contributed by atoms with van der Waals surface area (Å²) >= 11 is 0. The van der Waals surface area contributed by atoms with Gasteiger partial charge in [-0.15, -0.1) is 0 Å². The van der Waals surface area contributed by atoms with Gasteiger partial charge < -0.3 is 31.2 Å². The van der Waals surface area contributed by atoms with E-state index in [1.54, 1.807) is 0 Å². The first-order valence-corrected chi connectivity index (χ1v) is 13.1. The Bertz CT molecular complexity index is 768. The van der Waals surface area contributed by atoms with Gasteiger partial charge in [0, 0.05) is 25.3 Å². The van der Waals surface area contributed by atoms with E-state index >= 15 is 0 Å². The van der Waals surface area contributed by atoms with Crippen molar-refractivity contribution in [2.24, 2.45) is 11.7 Å². The minimum atomic E-state index is -1.07. The molecule has 0 aliphatic carbocycles. The summed E-state index contributed by atoms with van der Waals surface area (Å²) in [6.45, 7) is 4.27. The molecule has 204 valence electrons. The number of nitrogens with two attached hydrogens (primary N) is 1. The Kier molecular flexibility index (Phi) is 14.4. The van der Waals surface area contributed by atoms with Crippen molar-refractivity contribution in [1.29, 1.82) is 5.41 Å². The van der Waals surface area contributed by atoms with E-state index in [2.05, 4.69) is 10.6 Å². The van der Waals surface area contributed by atoms with Crippen molar-refractivity contribution >= 4 is 35.8 Å². The number of hydrogen-bond acceptors (Lipinski definition) is 6. The van der Waals surface area contributed by atoms with Crippen molar-refractivity contribution < 1.29 is 29.1 Å². The molecule has 11 heteroatoms. The zero-order valence-electron chi connectivity index (χ0n) is 21.6. The van der Waals surface area contributed by atoms with Crippen LogP contribution in [0.25, 0.3) is 0 Å². The van der Waals surface area contributed by atoms with E-state index in [1.165, 1.54) is 4.90 Å². The minimum Gasteiger partial charge on any atom is -0.481 e. The second-order valence-electron chi connectivity index (χ2n) is 9.48. The van der Waals surface area contributed by atoms with Crippen molar-refractivity contribution in [3.05, 3.63) is 0 Å². The molecule has 3 amide bonds. The van der Waals surface area contributed by atoms with Gasteiger partial charge in [0.1, 0.15) is 18.4 Å². The molecule has 0 bridgehead atoms. The fraction of sp³-hybridized carbons (Fsp3) is 0.760. The standard InChI is InChI=1S/C25H43N5O6/c1-3-8-17(9-4-2)23(34)29-19(13-14-22(32)33)25(36)30-15-7-11-20(30)24(35)28-18(16-31)10-5-6-12-21(26)27/h16-20H,3-15H2,1-2H3,(H3,26,27)(H,28,35)(H,29,34)(H,32,33)/t18-,19-,20?/m0/s1. The third-order valence-corrected chi connectivity index (χ3v) is 6.45. The molecule has 6 N–H and O–H groups in total. The van der Waals surface area contributed by atoms with Crippen LogP contribution in [-0.4, -0.2) is 70.5 Å². The molecule has 36 heavy (non-hydrogen) atoms. The second kappa shape index (κ2) is 16.6. The summed E-state index contributed by atoms with van der Waals surface area (Å²) in [6, 6.07) is -2.54. The van der Waals surface area contributed by atoms with E-state index in [0.29, 0.717) is 64.2 Å². The number of hydrogen-bond donors (Lipinski definition) is 5. The Morgan fingerprint density at radius 3 is 2.28 bits per heavy atom. The average molecular weight is 510 g/mol. The highest BCUT2D eigenvalue weighted by molar-refractivity contribution is 5.93. The van der Waals surface area contributed by atoms with Gasteiger partial charge in [0.15, 0.2) is 0 Å². The molecular formula is C25H43N5O6. The van der Waals surface area contributed by atoms with Gasteiger partial charge in [0.05, 0.1) is 11.9 Å². The lowest BCUT2D eigenvalue weighted by molar-refractivity contribution is -0.143. The molecule has 0 spiro atoms. The number of carbonyl (C=O) groups is 5. The van der Waals surface area contributed by atoms with Gasteiger partial charge >= 0.3 is 5.97 Å². The first kappa shape index (κ1) is 31.1. The maximum Gasteiger partial charge on any atom is 0.303 e. The number of carboxylic acids is 1. The number of aliphatic carboxylic acids is 1. The Labute approximate surface area is 213 Å². The molecule has 0 aromatic carbocycles. The van der Waals surface area contributed by atoms with Crippen molar-refractivity contribution in [3.8, 4) is 0 Å². The van der Waals surface area contributed by atoms with Gasteiger partial charge in [-0.25, -0.2) is 0 Å². The van der Waals surface area contributed by atoms with Crippen LogP contribution in [0.5, 0.6) is 0 Å². The minimum absolute atomic E-state index is 0.0666. The zero-order chi connectivity index (χ0) is 27.1. The van der Waals surface area contributed by atoms with Crippen molar-refractivity contribution in [1.82, 2.24) is 15.5 Å². The van der Waals surface area contributed by atoms with E-state index in [-0.39, 0.29) is 30.5 Å². The van der Waals surface area contributed by atoms with Crippen LogP contribution < -0.4 is 16.4 Å². The molecule has 11 nitrogen and oxygen atoms in total. The van der Waals surface area contributed by atoms with Gasteiger partial charge in [0.25, 0.3) is 0 Å². The summed E-state index contributed by atoms with van der Waals surface area (Å²) in [5.41, 5.74) is 5.34. The lowest BCUT2D eigenvalue weighted by Crippen LogP contribution is -2.55. The summed E-state index contributed by atoms with van der Waals surface area (Å²) < 4.78 is 0. The molecule has 1 fully saturated rings. The SMILES string of the molecule is CCCC(CCC)C(=O)N[C@@H](CCC(=O)O)C(=O)N1CCCC1C(=O)N[C@H](C=O)CCCCC(=N)N. The van der Waals surface area contributed by atoms with E-state index in [0.717, 1.165) is 12.8 Å². The lowest BCUT2D eigenvalue weighted by atomic mass is 9.96. The van der Waals surface area contributed by atoms with E-state index in [1.807, 2.05) is 13.8 Å². The number of nitrogens with zero attached hydrogens (tertiary/aromatic N) is 1. The van der Waals surface area contributed by atoms with Gasteiger partial charge in [-0.2, -0.15) is 0 Å². The monoisotopic (exact) mass is 509 g/mol. The summed E-state index contributed by atoms with van der Waals surface area (Å²) in [4.78, 5) is 63.3. The number of amides is 3. The molecule has 0 aromatic rings. The molecule has 0 aromatic heterocycles. The summed E-state index contributed by atoms with van der Waals surface area (Å²) in [5, 5.41) is 21.9. The number of aldehydes is 1.